The van der Waals surface area contributed by atoms with Gasteiger partial charge in [-0.05, 0) is 54.3 Å². The SMILES string of the molecule is CC1(C)Cc2cc(-c3cccc(CN)c3)ccc2O1. The highest BCUT2D eigenvalue weighted by molar-refractivity contribution is 5.67. The van der Waals surface area contributed by atoms with E-state index in [1.165, 1.54) is 16.7 Å². The number of fused-ring (bicyclic) bond motifs is 1. The summed E-state index contributed by atoms with van der Waals surface area (Å²) in [6, 6.07) is 14.8. The average molecular weight is 253 g/mol. The third kappa shape index (κ3) is 2.36. The van der Waals surface area contributed by atoms with Crippen molar-refractivity contribution in [3.63, 3.8) is 0 Å². The molecule has 0 bridgehead atoms. The molecule has 1 aliphatic heterocycles. The number of nitrogens with two attached hydrogens (primary N) is 1. The first-order chi connectivity index (χ1) is 9.07. The monoisotopic (exact) mass is 253 g/mol. The van der Waals surface area contributed by atoms with E-state index in [1.807, 2.05) is 0 Å². The molecule has 0 saturated carbocycles. The lowest BCUT2D eigenvalue weighted by molar-refractivity contribution is 0.138. The summed E-state index contributed by atoms with van der Waals surface area (Å²) in [5.41, 5.74) is 10.5. The lowest BCUT2D eigenvalue weighted by Crippen LogP contribution is -2.24. The van der Waals surface area contributed by atoms with Crippen LogP contribution in [0.15, 0.2) is 42.5 Å². The molecule has 0 aliphatic carbocycles. The van der Waals surface area contributed by atoms with Crippen LogP contribution < -0.4 is 10.5 Å². The summed E-state index contributed by atoms with van der Waals surface area (Å²) in [4.78, 5) is 0. The van der Waals surface area contributed by atoms with Crippen LogP contribution in [0, 0.1) is 0 Å². The molecule has 2 N–H and O–H groups in total. The summed E-state index contributed by atoms with van der Waals surface area (Å²) in [6.07, 6.45) is 0.965. The Bertz CT molecular complexity index is 616. The lowest BCUT2D eigenvalue weighted by atomic mass is 9.97. The molecule has 0 aromatic heterocycles. The Morgan fingerprint density at radius 2 is 1.89 bits per heavy atom. The van der Waals surface area contributed by atoms with Crippen LogP contribution in [0.2, 0.25) is 0 Å². The van der Waals surface area contributed by atoms with Crippen molar-refractivity contribution in [1.29, 1.82) is 0 Å². The normalized spacial score (nSPS) is 15.9. The summed E-state index contributed by atoms with van der Waals surface area (Å²) in [6.45, 7) is 4.83. The van der Waals surface area contributed by atoms with Crippen LogP contribution in [0.5, 0.6) is 5.75 Å². The summed E-state index contributed by atoms with van der Waals surface area (Å²) in [5, 5.41) is 0. The van der Waals surface area contributed by atoms with E-state index in [-0.39, 0.29) is 5.60 Å². The third-order valence-corrected chi connectivity index (χ3v) is 3.56. The molecule has 2 aromatic carbocycles. The van der Waals surface area contributed by atoms with Crippen molar-refractivity contribution in [1.82, 2.24) is 0 Å². The van der Waals surface area contributed by atoms with E-state index in [2.05, 4.69) is 56.3 Å². The molecule has 0 unspecified atom stereocenters. The Balaban J connectivity index is 1.99. The molecular weight excluding hydrogens is 234 g/mol. The second-order valence-corrected chi connectivity index (χ2v) is 5.77. The molecule has 0 spiro atoms. The predicted octanol–water partition coefficient (Wildman–Crippen LogP) is 3.53. The second kappa shape index (κ2) is 4.39. The highest BCUT2D eigenvalue weighted by Gasteiger charge is 2.29. The Kier molecular flexibility index (Phi) is 2.83. The minimum absolute atomic E-state index is 0.0833. The number of benzene rings is 2. The fourth-order valence-corrected chi connectivity index (χ4v) is 2.67. The maximum absolute atomic E-state index is 5.91. The average Bonchev–Trinajstić information content (AvgIpc) is 2.71. The number of rotatable bonds is 2. The van der Waals surface area contributed by atoms with E-state index in [9.17, 15) is 0 Å². The van der Waals surface area contributed by atoms with Gasteiger partial charge < -0.3 is 10.5 Å². The van der Waals surface area contributed by atoms with E-state index in [4.69, 9.17) is 10.5 Å². The molecule has 2 heteroatoms. The van der Waals surface area contributed by atoms with Gasteiger partial charge in [0.2, 0.25) is 0 Å². The second-order valence-electron chi connectivity index (χ2n) is 5.77. The van der Waals surface area contributed by atoms with Crippen LogP contribution in [-0.4, -0.2) is 5.60 Å². The number of hydrogen-bond acceptors (Lipinski definition) is 2. The maximum atomic E-state index is 5.91. The fourth-order valence-electron chi connectivity index (χ4n) is 2.67. The van der Waals surface area contributed by atoms with Crippen molar-refractivity contribution in [2.24, 2.45) is 5.73 Å². The molecule has 2 nitrogen and oxygen atoms in total. The molecule has 19 heavy (non-hydrogen) atoms. The van der Waals surface area contributed by atoms with Crippen LogP contribution in [0.4, 0.5) is 0 Å². The molecule has 0 saturated heterocycles. The van der Waals surface area contributed by atoms with Crippen LogP contribution in [0.25, 0.3) is 11.1 Å². The Labute approximate surface area is 114 Å². The van der Waals surface area contributed by atoms with E-state index in [0.29, 0.717) is 6.54 Å². The zero-order valence-corrected chi connectivity index (χ0v) is 11.4. The predicted molar refractivity (Wildman–Crippen MR) is 78.2 cm³/mol. The molecule has 3 rings (SSSR count). The Morgan fingerprint density at radius 1 is 1.11 bits per heavy atom. The first-order valence-corrected chi connectivity index (χ1v) is 6.69. The molecule has 0 atom stereocenters. The van der Waals surface area contributed by atoms with Crippen molar-refractivity contribution in [3.8, 4) is 16.9 Å². The van der Waals surface area contributed by atoms with Gasteiger partial charge in [-0.2, -0.15) is 0 Å². The Morgan fingerprint density at radius 3 is 2.68 bits per heavy atom. The van der Waals surface area contributed by atoms with E-state index in [0.717, 1.165) is 17.7 Å². The summed E-state index contributed by atoms with van der Waals surface area (Å²) < 4.78 is 5.91. The van der Waals surface area contributed by atoms with Crippen molar-refractivity contribution in [2.45, 2.75) is 32.4 Å². The van der Waals surface area contributed by atoms with Gasteiger partial charge in [0.25, 0.3) is 0 Å². The van der Waals surface area contributed by atoms with E-state index < -0.39 is 0 Å². The molecule has 98 valence electrons. The van der Waals surface area contributed by atoms with Crippen molar-refractivity contribution < 1.29 is 4.74 Å². The topological polar surface area (TPSA) is 35.2 Å². The van der Waals surface area contributed by atoms with Gasteiger partial charge in [-0.25, -0.2) is 0 Å². The van der Waals surface area contributed by atoms with Gasteiger partial charge in [-0.15, -0.1) is 0 Å². The Hall–Kier alpha value is -1.80. The summed E-state index contributed by atoms with van der Waals surface area (Å²) >= 11 is 0. The van der Waals surface area contributed by atoms with Gasteiger partial charge in [0.05, 0.1) is 0 Å². The number of ether oxygens (including phenoxy) is 1. The summed E-state index contributed by atoms with van der Waals surface area (Å²) in [5.74, 6) is 1.02. The number of hydrogen-bond donors (Lipinski definition) is 1. The quantitative estimate of drug-likeness (QED) is 0.888. The van der Waals surface area contributed by atoms with Crippen molar-refractivity contribution >= 4 is 0 Å². The van der Waals surface area contributed by atoms with E-state index in [1.54, 1.807) is 0 Å². The van der Waals surface area contributed by atoms with E-state index >= 15 is 0 Å². The van der Waals surface area contributed by atoms with Gasteiger partial charge >= 0.3 is 0 Å². The fraction of sp³-hybridized carbons (Fsp3) is 0.294. The van der Waals surface area contributed by atoms with Crippen molar-refractivity contribution in [3.05, 3.63) is 53.6 Å². The van der Waals surface area contributed by atoms with Crippen LogP contribution in [0.1, 0.15) is 25.0 Å². The minimum Gasteiger partial charge on any atom is -0.487 e. The minimum atomic E-state index is -0.0833. The first kappa shape index (κ1) is 12.2. The molecule has 1 aliphatic rings. The maximum Gasteiger partial charge on any atom is 0.123 e. The van der Waals surface area contributed by atoms with Crippen LogP contribution >= 0.6 is 0 Å². The van der Waals surface area contributed by atoms with Crippen LogP contribution in [0.3, 0.4) is 0 Å². The standard InChI is InChI=1S/C17H19NO/c1-17(2)10-15-9-14(6-7-16(15)19-17)13-5-3-4-12(8-13)11-18/h3-9H,10-11,18H2,1-2H3. The molecule has 2 aromatic rings. The highest BCUT2D eigenvalue weighted by atomic mass is 16.5. The largest absolute Gasteiger partial charge is 0.487 e. The summed E-state index contributed by atoms with van der Waals surface area (Å²) in [7, 11) is 0. The smallest absolute Gasteiger partial charge is 0.123 e. The lowest BCUT2D eigenvalue weighted by Gasteiger charge is -2.16. The van der Waals surface area contributed by atoms with Crippen LogP contribution in [-0.2, 0) is 13.0 Å². The molecule has 1 heterocycles. The first-order valence-electron chi connectivity index (χ1n) is 6.69. The molecule has 0 fully saturated rings. The zero-order valence-electron chi connectivity index (χ0n) is 11.4. The van der Waals surface area contributed by atoms with Crippen molar-refractivity contribution in [2.75, 3.05) is 0 Å². The molecular formula is C17H19NO. The molecule has 0 radical (unpaired) electrons. The van der Waals surface area contributed by atoms with Gasteiger partial charge in [-0.3, -0.25) is 0 Å². The van der Waals surface area contributed by atoms with Gasteiger partial charge in [0.15, 0.2) is 0 Å². The van der Waals surface area contributed by atoms with Gasteiger partial charge in [-0.1, -0.05) is 24.3 Å². The zero-order chi connectivity index (χ0) is 13.5. The van der Waals surface area contributed by atoms with Gasteiger partial charge in [0.1, 0.15) is 11.4 Å². The highest BCUT2D eigenvalue weighted by Crippen LogP contribution is 2.37. The van der Waals surface area contributed by atoms with Gasteiger partial charge in [0, 0.05) is 13.0 Å². The molecule has 0 amide bonds. The third-order valence-electron chi connectivity index (χ3n) is 3.56.